The fourth-order valence-corrected chi connectivity index (χ4v) is 2.25. The number of carbonyl (C=O) groups is 1. The van der Waals surface area contributed by atoms with Crippen LogP contribution in [0.3, 0.4) is 0 Å². The number of nitrogens with zero attached hydrogens (tertiary/aromatic N) is 2. The van der Waals surface area contributed by atoms with E-state index in [1.54, 1.807) is 12.1 Å². The summed E-state index contributed by atoms with van der Waals surface area (Å²) in [5.74, 6) is 0.828. The minimum absolute atomic E-state index is 0.253. The maximum Gasteiger partial charge on any atom is 0.287 e. The number of benzene rings is 1. The van der Waals surface area contributed by atoms with E-state index in [0.29, 0.717) is 18.8 Å². The molecule has 106 valence electrons. The van der Waals surface area contributed by atoms with E-state index in [0.717, 1.165) is 16.9 Å². The minimum Gasteiger partial charge on any atom is -0.459 e. The fourth-order valence-electron chi connectivity index (χ4n) is 2.25. The highest BCUT2D eigenvalue weighted by atomic mass is 16.3. The molecule has 0 unspecified atom stereocenters. The Labute approximate surface area is 121 Å². The van der Waals surface area contributed by atoms with E-state index < -0.39 is 0 Å². The smallest absolute Gasteiger partial charge is 0.287 e. The Kier molecular flexibility index (Phi) is 3.55. The van der Waals surface area contributed by atoms with Crippen molar-refractivity contribution in [2.24, 2.45) is 0 Å². The summed E-state index contributed by atoms with van der Waals surface area (Å²) < 4.78 is 7.10. The topological polar surface area (TPSA) is 60.1 Å². The van der Waals surface area contributed by atoms with E-state index in [1.165, 1.54) is 6.26 Å². The third-order valence-electron chi connectivity index (χ3n) is 3.20. The van der Waals surface area contributed by atoms with Gasteiger partial charge in [-0.2, -0.15) is 0 Å². The second kappa shape index (κ2) is 5.66. The maximum atomic E-state index is 11.9. The molecule has 0 spiro atoms. The zero-order chi connectivity index (χ0) is 14.7. The fraction of sp³-hybridized carbons (Fsp3) is 0.125. The van der Waals surface area contributed by atoms with Crippen LogP contribution in [0, 0.1) is 0 Å². The number of furan rings is 1. The molecule has 5 nitrogen and oxygen atoms in total. The van der Waals surface area contributed by atoms with Gasteiger partial charge in [-0.25, -0.2) is 4.98 Å². The SMILES string of the molecule is C=CCn1c(CNC(=O)c2ccco2)nc2ccccc21. The van der Waals surface area contributed by atoms with Crippen molar-refractivity contribution < 1.29 is 9.21 Å². The van der Waals surface area contributed by atoms with Gasteiger partial charge in [-0.05, 0) is 24.3 Å². The van der Waals surface area contributed by atoms with Crippen molar-refractivity contribution >= 4 is 16.9 Å². The van der Waals surface area contributed by atoms with Crippen LogP contribution in [0.1, 0.15) is 16.4 Å². The number of fused-ring (bicyclic) bond motifs is 1. The molecule has 2 heterocycles. The first-order valence-electron chi connectivity index (χ1n) is 6.66. The summed E-state index contributed by atoms with van der Waals surface area (Å²) in [6.07, 6.45) is 3.29. The summed E-state index contributed by atoms with van der Waals surface area (Å²) in [6, 6.07) is 11.2. The number of rotatable bonds is 5. The Morgan fingerprint density at radius 2 is 2.19 bits per heavy atom. The average molecular weight is 281 g/mol. The monoisotopic (exact) mass is 281 g/mol. The number of hydrogen-bond donors (Lipinski definition) is 1. The van der Waals surface area contributed by atoms with Crippen molar-refractivity contribution in [1.82, 2.24) is 14.9 Å². The quantitative estimate of drug-likeness (QED) is 0.731. The molecule has 0 saturated carbocycles. The first-order valence-corrected chi connectivity index (χ1v) is 6.66. The van der Waals surface area contributed by atoms with E-state index in [-0.39, 0.29) is 5.91 Å². The van der Waals surface area contributed by atoms with Crippen LogP contribution in [0.25, 0.3) is 11.0 Å². The Morgan fingerprint density at radius 1 is 1.33 bits per heavy atom. The van der Waals surface area contributed by atoms with Crippen LogP contribution in [0.2, 0.25) is 0 Å². The number of para-hydroxylation sites is 2. The van der Waals surface area contributed by atoms with Gasteiger partial charge in [0.05, 0.1) is 23.8 Å². The molecule has 0 aliphatic rings. The van der Waals surface area contributed by atoms with Gasteiger partial charge in [0.15, 0.2) is 5.76 Å². The van der Waals surface area contributed by atoms with Gasteiger partial charge in [0.2, 0.25) is 0 Å². The van der Waals surface area contributed by atoms with Gasteiger partial charge in [-0.15, -0.1) is 6.58 Å². The summed E-state index contributed by atoms with van der Waals surface area (Å²) in [5.41, 5.74) is 1.93. The second-order valence-electron chi connectivity index (χ2n) is 4.58. The third-order valence-corrected chi connectivity index (χ3v) is 3.20. The molecule has 0 atom stereocenters. The average Bonchev–Trinajstić information content (AvgIpc) is 3.14. The van der Waals surface area contributed by atoms with Crippen LogP contribution >= 0.6 is 0 Å². The van der Waals surface area contributed by atoms with Gasteiger partial charge in [-0.1, -0.05) is 18.2 Å². The van der Waals surface area contributed by atoms with Gasteiger partial charge < -0.3 is 14.3 Å². The molecular weight excluding hydrogens is 266 g/mol. The highest BCUT2D eigenvalue weighted by molar-refractivity contribution is 5.91. The molecule has 0 fully saturated rings. The van der Waals surface area contributed by atoms with Gasteiger partial charge in [0.1, 0.15) is 5.82 Å². The summed E-state index contributed by atoms with van der Waals surface area (Å²) in [4.78, 5) is 16.5. The van der Waals surface area contributed by atoms with E-state index in [1.807, 2.05) is 34.9 Å². The van der Waals surface area contributed by atoms with Gasteiger partial charge >= 0.3 is 0 Å². The van der Waals surface area contributed by atoms with Gasteiger partial charge in [0, 0.05) is 6.54 Å². The standard InChI is InChI=1S/C16H15N3O2/c1-2-9-19-13-7-4-3-6-12(13)18-15(19)11-17-16(20)14-8-5-10-21-14/h2-8,10H,1,9,11H2,(H,17,20). The van der Waals surface area contributed by atoms with Crippen LogP contribution in [0.4, 0.5) is 0 Å². The van der Waals surface area contributed by atoms with E-state index in [4.69, 9.17) is 4.42 Å². The lowest BCUT2D eigenvalue weighted by Gasteiger charge is -2.07. The molecular formula is C16H15N3O2. The summed E-state index contributed by atoms with van der Waals surface area (Å²) in [5, 5.41) is 2.81. The van der Waals surface area contributed by atoms with Crippen molar-refractivity contribution in [2.45, 2.75) is 13.1 Å². The number of nitrogens with one attached hydrogen (secondary N) is 1. The van der Waals surface area contributed by atoms with E-state index in [2.05, 4.69) is 16.9 Å². The van der Waals surface area contributed by atoms with E-state index >= 15 is 0 Å². The molecule has 2 aromatic heterocycles. The zero-order valence-electron chi connectivity index (χ0n) is 11.5. The van der Waals surface area contributed by atoms with Crippen LogP contribution < -0.4 is 5.32 Å². The third kappa shape index (κ3) is 2.58. The highest BCUT2D eigenvalue weighted by Gasteiger charge is 2.12. The van der Waals surface area contributed by atoms with Gasteiger partial charge in [-0.3, -0.25) is 4.79 Å². The largest absolute Gasteiger partial charge is 0.459 e. The molecule has 0 saturated heterocycles. The van der Waals surface area contributed by atoms with Crippen molar-refractivity contribution in [2.75, 3.05) is 0 Å². The Morgan fingerprint density at radius 3 is 2.95 bits per heavy atom. The lowest BCUT2D eigenvalue weighted by molar-refractivity contribution is 0.0922. The van der Waals surface area contributed by atoms with Crippen molar-refractivity contribution in [3.8, 4) is 0 Å². The Balaban J connectivity index is 1.84. The molecule has 3 rings (SSSR count). The van der Waals surface area contributed by atoms with Crippen molar-refractivity contribution in [3.05, 3.63) is 66.9 Å². The number of hydrogen-bond acceptors (Lipinski definition) is 3. The predicted molar refractivity (Wildman–Crippen MR) is 79.8 cm³/mol. The van der Waals surface area contributed by atoms with Crippen LogP contribution in [-0.2, 0) is 13.1 Å². The first kappa shape index (κ1) is 13.2. The molecule has 1 amide bonds. The first-order chi connectivity index (χ1) is 10.3. The van der Waals surface area contributed by atoms with Crippen LogP contribution in [-0.4, -0.2) is 15.5 Å². The molecule has 0 aliphatic heterocycles. The molecule has 3 aromatic rings. The number of carbonyl (C=O) groups excluding carboxylic acids is 1. The number of amides is 1. The molecule has 0 radical (unpaired) electrons. The van der Waals surface area contributed by atoms with Crippen molar-refractivity contribution in [1.29, 1.82) is 0 Å². The summed E-state index contributed by atoms with van der Waals surface area (Å²) in [7, 11) is 0. The minimum atomic E-state index is -0.253. The summed E-state index contributed by atoms with van der Waals surface area (Å²) >= 11 is 0. The number of allylic oxidation sites excluding steroid dienone is 1. The van der Waals surface area contributed by atoms with Crippen molar-refractivity contribution in [3.63, 3.8) is 0 Å². The molecule has 0 aliphatic carbocycles. The molecule has 21 heavy (non-hydrogen) atoms. The second-order valence-corrected chi connectivity index (χ2v) is 4.58. The maximum absolute atomic E-state index is 11.9. The van der Waals surface area contributed by atoms with Crippen LogP contribution in [0.5, 0.6) is 0 Å². The molecule has 1 aromatic carbocycles. The Bertz CT molecular complexity index is 772. The van der Waals surface area contributed by atoms with Crippen LogP contribution in [0.15, 0.2) is 59.7 Å². The number of aromatic nitrogens is 2. The van der Waals surface area contributed by atoms with Gasteiger partial charge in [0.25, 0.3) is 5.91 Å². The molecule has 5 heteroatoms. The summed E-state index contributed by atoms with van der Waals surface area (Å²) in [6.45, 7) is 4.75. The molecule has 0 bridgehead atoms. The van der Waals surface area contributed by atoms with E-state index in [9.17, 15) is 4.79 Å². The molecule has 1 N–H and O–H groups in total. The number of imidazole rings is 1. The zero-order valence-corrected chi connectivity index (χ0v) is 11.5. The predicted octanol–water partition coefficient (Wildman–Crippen LogP) is 2.75. The highest BCUT2D eigenvalue weighted by Crippen LogP contribution is 2.16. The normalized spacial score (nSPS) is 10.7. The Hall–Kier alpha value is -2.82. The lowest BCUT2D eigenvalue weighted by Crippen LogP contribution is -2.24. The lowest BCUT2D eigenvalue weighted by atomic mass is 10.3.